The van der Waals surface area contributed by atoms with Crippen LogP contribution in [-0.2, 0) is 9.16 Å². The molecule has 4 atom stereocenters. The number of hydrogen-bond donors (Lipinski definition) is 0. The van der Waals surface area contributed by atoms with Gasteiger partial charge in [-0.15, -0.1) is 6.58 Å². The standard InChI is InChI=1S/C34H52O6Si/c1-12-13-25-18-28(21-39-33(25)26-14-16-29(35-8)31(19-26)37-10)34(27-15-17-30(36-9)32(20-27)38-11)40-41(22(2)3,23(4)5)24(6)7/h12,14-17,19-20,22-25,28,33-34H,1,13,18,21H2,2-11H3/t25-,28+,33-,34-/m1/s1. The second-order valence-corrected chi connectivity index (χ2v) is 17.5. The predicted molar refractivity (Wildman–Crippen MR) is 169 cm³/mol. The number of benzene rings is 2. The lowest BCUT2D eigenvalue weighted by atomic mass is 9.79. The Kier molecular flexibility index (Phi) is 11.8. The Morgan fingerprint density at radius 3 is 1.85 bits per heavy atom. The summed E-state index contributed by atoms with van der Waals surface area (Å²) in [5.74, 6) is 3.26. The van der Waals surface area contributed by atoms with Gasteiger partial charge in [0.25, 0.3) is 0 Å². The summed E-state index contributed by atoms with van der Waals surface area (Å²) in [6, 6.07) is 12.3. The van der Waals surface area contributed by atoms with Crippen LogP contribution in [0, 0.1) is 11.8 Å². The topological polar surface area (TPSA) is 55.4 Å². The molecule has 1 saturated heterocycles. The van der Waals surface area contributed by atoms with E-state index in [-0.39, 0.29) is 24.0 Å². The maximum absolute atomic E-state index is 7.56. The van der Waals surface area contributed by atoms with Crippen LogP contribution >= 0.6 is 0 Å². The van der Waals surface area contributed by atoms with Crippen LogP contribution in [0.3, 0.4) is 0 Å². The minimum Gasteiger partial charge on any atom is -0.493 e. The Labute approximate surface area is 249 Å². The van der Waals surface area contributed by atoms with E-state index in [1.807, 2.05) is 24.3 Å². The van der Waals surface area contributed by atoms with Gasteiger partial charge in [0.1, 0.15) is 0 Å². The fraction of sp³-hybridized carbons (Fsp3) is 0.588. The van der Waals surface area contributed by atoms with Crippen molar-refractivity contribution >= 4 is 8.32 Å². The quantitative estimate of drug-likeness (QED) is 0.163. The van der Waals surface area contributed by atoms with E-state index >= 15 is 0 Å². The van der Waals surface area contributed by atoms with Crippen molar-refractivity contribution < 1.29 is 28.1 Å². The highest BCUT2D eigenvalue weighted by atomic mass is 28.4. The zero-order valence-electron chi connectivity index (χ0n) is 26.9. The second-order valence-electron chi connectivity index (χ2n) is 12.1. The second kappa shape index (κ2) is 14.6. The highest BCUT2D eigenvalue weighted by Gasteiger charge is 2.49. The lowest BCUT2D eigenvalue weighted by Gasteiger charge is -2.48. The first-order valence-corrected chi connectivity index (χ1v) is 17.1. The summed E-state index contributed by atoms with van der Waals surface area (Å²) in [5, 5.41) is 0. The van der Waals surface area contributed by atoms with E-state index in [4.69, 9.17) is 28.1 Å². The summed E-state index contributed by atoms with van der Waals surface area (Å²) < 4.78 is 36.7. The zero-order valence-corrected chi connectivity index (χ0v) is 27.9. The van der Waals surface area contributed by atoms with Gasteiger partial charge in [-0.2, -0.15) is 0 Å². The molecule has 0 aromatic heterocycles. The van der Waals surface area contributed by atoms with Crippen molar-refractivity contribution in [3.8, 4) is 23.0 Å². The Morgan fingerprint density at radius 1 is 0.805 bits per heavy atom. The number of methoxy groups -OCH3 is 4. The molecule has 1 aliphatic heterocycles. The molecule has 0 radical (unpaired) electrons. The van der Waals surface area contributed by atoms with E-state index in [2.05, 4.69) is 66.3 Å². The first-order chi connectivity index (χ1) is 19.6. The number of rotatable bonds is 14. The molecule has 2 aromatic rings. The lowest BCUT2D eigenvalue weighted by Crippen LogP contribution is -2.50. The summed E-state index contributed by atoms with van der Waals surface area (Å²) in [6.07, 6.45) is 3.59. The summed E-state index contributed by atoms with van der Waals surface area (Å²) in [5.41, 5.74) is 3.57. The monoisotopic (exact) mass is 584 g/mol. The van der Waals surface area contributed by atoms with Gasteiger partial charge >= 0.3 is 0 Å². The minimum absolute atomic E-state index is 0.0718. The van der Waals surface area contributed by atoms with Gasteiger partial charge in [-0.3, -0.25) is 0 Å². The smallest absolute Gasteiger partial charge is 0.201 e. The van der Waals surface area contributed by atoms with Crippen LogP contribution in [0.5, 0.6) is 23.0 Å². The number of hydrogen-bond acceptors (Lipinski definition) is 6. The van der Waals surface area contributed by atoms with Gasteiger partial charge in [0, 0.05) is 5.92 Å². The average molecular weight is 585 g/mol. The molecule has 41 heavy (non-hydrogen) atoms. The van der Waals surface area contributed by atoms with Gasteiger partial charge in [-0.1, -0.05) is 59.8 Å². The zero-order chi connectivity index (χ0) is 30.3. The number of allylic oxidation sites excluding steroid dienone is 1. The van der Waals surface area contributed by atoms with Crippen molar-refractivity contribution in [3.63, 3.8) is 0 Å². The van der Waals surface area contributed by atoms with Crippen LogP contribution < -0.4 is 18.9 Å². The van der Waals surface area contributed by atoms with Crippen LogP contribution in [0.1, 0.15) is 77.7 Å². The van der Waals surface area contributed by atoms with Crippen molar-refractivity contribution in [3.05, 3.63) is 60.2 Å². The van der Waals surface area contributed by atoms with Gasteiger partial charge in [-0.05, 0) is 70.8 Å². The Bertz CT molecular complexity index is 1110. The molecule has 6 nitrogen and oxygen atoms in total. The molecule has 0 spiro atoms. The largest absolute Gasteiger partial charge is 0.493 e. The molecule has 7 heteroatoms. The third-order valence-electron chi connectivity index (χ3n) is 8.93. The fourth-order valence-electron chi connectivity index (χ4n) is 7.08. The molecule has 0 amide bonds. The first kappa shape index (κ1) is 33.0. The van der Waals surface area contributed by atoms with Gasteiger partial charge in [0.2, 0.25) is 8.32 Å². The molecule has 0 bridgehead atoms. The van der Waals surface area contributed by atoms with Crippen LogP contribution in [-0.4, -0.2) is 43.4 Å². The van der Waals surface area contributed by atoms with Gasteiger partial charge in [0.15, 0.2) is 23.0 Å². The Morgan fingerprint density at radius 2 is 1.34 bits per heavy atom. The molecule has 1 fully saturated rings. The summed E-state index contributed by atoms with van der Waals surface area (Å²) in [4.78, 5) is 0. The molecular weight excluding hydrogens is 532 g/mol. The molecule has 0 N–H and O–H groups in total. The van der Waals surface area contributed by atoms with Crippen LogP contribution in [0.4, 0.5) is 0 Å². The van der Waals surface area contributed by atoms with Gasteiger partial charge < -0.3 is 28.1 Å². The maximum atomic E-state index is 7.56. The number of ether oxygens (including phenoxy) is 5. The molecule has 0 unspecified atom stereocenters. The SMILES string of the molecule is C=CC[C@@H]1C[C@H]([C@H](O[Si](C(C)C)(C(C)C)C(C)C)c2ccc(OC)c(OC)c2)CO[C@H]1c1ccc(OC)c(OC)c1. The van der Waals surface area contributed by atoms with Crippen LogP contribution in [0.15, 0.2) is 49.1 Å². The summed E-state index contributed by atoms with van der Waals surface area (Å²) >= 11 is 0. The average Bonchev–Trinajstić information content (AvgIpc) is 2.96. The molecular formula is C34H52O6Si. The highest BCUT2D eigenvalue weighted by Crippen LogP contribution is 2.51. The predicted octanol–water partition coefficient (Wildman–Crippen LogP) is 8.92. The molecule has 2 aromatic carbocycles. The van der Waals surface area contributed by atoms with Crippen molar-refractivity contribution in [1.29, 1.82) is 0 Å². The Hall–Kier alpha value is -2.48. The third kappa shape index (κ3) is 6.95. The third-order valence-corrected chi connectivity index (χ3v) is 15.0. The summed E-state index contributed by atoms with van der Waals surface area (Å²) in [6.45, 7) is 18.7. The van der Waals surface area contributed by atoms with Crippen molar-refractivity contribution in [1.82, 2.24) is 0 Å². The molecule has 228 valence electrons. The van der Waals surface area contributed by atoms with E-state index in [1.165, 1.54) is 0 Å². The molecule has 1 heterocycles. The molecule has 0 aliphatic carbocycles. The summed E-state index contributed by atoms with van der Waals surface area (Å²) in [7, 11) is 4.45. The Balaban J connectivity index is 2.06. The molecule has 1 aliphatic rings. The normalized spacial score (nSPS) is 20.3. The van der Waals surface area contributed by atoms with Crippen LogP contribution in [0.2, 0.25) is 16.6 Å². The van der Waals surface area contributed by atoms with E-state index in [9.17, 15) is 0 Å². The van der Waals surface area contributed by atoms with Crippen molar-refractivity contribution in [2.24, 2.45) is 11.8 Å². The van der Waals surface area contributed by atoms with Gasteiger partial charge in [0.05, 0.1) is 47.3 Å². The van der Waals surface area contributed by atoms with E-state index in [1.54, 1.807) is 28.4 Å². The highest BCUT2D eigenvalue weighted by molar-refractivity contribution is 6.77. The van der Waals surface area contributed by atoms with Crippen molar-refractivity contribution in [2.45, 2.75) is 83.2 Å². The first-order valence-electron chi connectivity index (χ1n) is 14.9. The van der Waals surface area contributed by atoms with E-state index in [0.717, 1.165) is 24.0 Å². The van der Waals surface area contributed by atoms with Crippen molar-refractivity contribution in [2.75, 3.05) is 35.0 Å². The fourth-order valence-corrected chi connectivity index (χ4v) is 12.7. The van der Waals surface area contributed by atoms with E-state index in [0.29, 0.717) is 46.2 Å². The molecule has 3 rings (SSSR count). The van der Waals surface area contributed by atoms with E-state index < -0.39 is 8.32 Å². The minimum atomic E-state index is -2.23. The van der Waals surface area contributed by atoms with Gasteiger partial charge in [-0.25, -0.2) is 0 Å². The molecule has 0 saturated carbocycles. The maximum Gasteiger partial charge on any atom is 0.201 e. The lowest BCUT2D eigenvalue weighted by molar-refractivity contribution is -0.0879. The van der Waals surface area contributed by atoms with Crippen LogP contribution in [0.25, 0.3) is 0 Å².